The highest BCUT2D eigenvalue weighted by molar-refractivity contribution is 5.30. The molecule has 0 amide bonds. The van der Waals surface area contributed by atoms with Crippen LogP contribution in [0, 0.1) is 17.5 Å². The molecule has 1 aromatic heterocycles. The van der Waals surface area contributed by atoms with E-state index in [9.17, 15) is 13.2 Å². The Morgan fingerprint density at radius 1 is 1.17 bits per heavy atom. The molecule has 2 rings (SSSR count). The number of benzene rings is 1. The summed E-state index contributed by atoms with van der Waals surface area (Å²) >= 11 is 0. The van der Waals surface area contributed by atoms with E-state index in [0.29, 0.717) is 5.56 Å². The number of halogens is 3. The highest BCUT2D eigenvalue weighted by Crippen LogP contribution is 2.24. The number of nitrogens with zero attached hydrogens (tertiary/aromatic N) is 2. The van der Waals surface area contributed by atoms with E-state index in [-0.39, 0.29) is 0 Å². The molecule has 0 fully saturated rings. The predicted octanol–water partition coefficient (Wildman–Crippen LogP) is 2.15. The summed E-state index contributed by atoms with van der Waals surface area (Å²) in [6.07, 6.45) is 3.31. The lowest BCUT2D eigenvalue weighted by Crippen LogP contribution is -2.18. The van der Waals surface area contributed by atoms with Crippen molar-refractivity contribution in [2.75, 3.05) is 7.05 Å². The minimum absolute atomic E-state index is 0.307. The van der Waals surface area contributed by atoms with Gasteiger partial charge in [0.1, 0.15) is 0 Å². The molecule has 6 heteroatoms. The van der Waals surface area contributed by atoms with E-state index < -0.39 is 23.5 Å². The van der Waals surface area contributed by atoms with Crippen molar-refractivity contribution in [2.45, 2.75) is 6.04 Å². The Kier molecular flexibility index (Phi) is 3.38. The van der Waals surface area contributed by atoms with Crippen LogP contribution < -0.4 is 5.32 Å². The molecule has 0 radical (unpaired) electrons. The zero-order valence-electron chi connectivity index (χ0n) is 9.92. The van der Waals surface area contributed by atoms with Crippen molar-refractivity contribution in [3.63, 3.8) is 0 Å². The van der Waals surface area contributed by atoms with Crippen LogP contribution >= 0.6 is 0 Å². The second kappa shape index (κ2) is 4.81. The minimum Gasteiger partial charge on any atom is -0.309 e. The predicted molar refractivity (Wildman–Crippen MR) is 60.4 cm³/mol. The molecule has 0 aliphatic heterocycles. The van der Waals surface area contributed by atoms with Gasteiger partial charge in [-0.1, -0.05) is 0 Å². The van der Waals surface area contributed by atoms with Crippen LogP contribution in [0.1, 0.15) is 17.2 Å². The summed E-state index contributed by atoms with van der Waals surface area (Å²) in [4.78, 5) is 0. The Bertz CT molecular complexity index is 542. The normalized spacial score (nSPS) is 12.7. The minimum atomic E-state index is -1.46. The summed E-state index contributed by atoms with van der Waals surface area (Å²) < 4.78 is 40.9. The van der Waals surface area contributed by atoms with Crippen LogP contribution in [-0.4, -0.2) is 16.8 Å². The number of aryl methyl sites for hydroxylation is 1. The molecular weight excluding hydrogens is 243 g/mol. The highest BCUT2D eigenvalue weighted by Gasteiger charge is 2.18. The molecule has 0 spiro atoms. The fourth-order valence-electron chi connectivity index (χ4n) is 1.86. The van der Waals surface area contributed by atoms with Gasteiger partial charge in [0.05, 0.1) is 12.2 Å². The van der Waals surface area contributed by atoms with Crippen molar-refractivity contribution in [3.05, 3.63) is 53.1 Å². The van der Waals surface area contributed by atoms with Gasteiger partial charge in [-0.15, -0.1) is 0 Å². The number of hydrogen-bond acceptors (Lipinski definition) is 2. The average molecular weight is 255 g/mol. The smallest absolute Gasteiger partial charge is 0.194 e. The molecule has 1 unspecified atom stereocenters. The van der Waals surface area contributed by atoms with Gasteiger partial charge in [-0.25, -0.2) is 13.2 Å². The molecule has 18 heavy (non-hydrogen) atoms. The molecule has 0 bridgehead atoms. The van der Waals surface area contributed by atoms with E-state index in [1.165, 1.54) is 0 Å². The molecule has 3 nitrogen and oxygen atoms in total. The zero-order chi connectivity index (χ0) is 13.3. The van der Waals surface area contributed by atoms with Gasteiger partial charge in [0.25, 0.3) is 0 Å². The first kappa shape index (κ1) is 12.6. The van der Waals surface area contributed by atoms with Gasteiger partial charge in [0.2, 0.25) is 0 Å². The van der Waals surface area contributed by atoms with Crippen LogP contribution in [0.3, 0.4) is 0 Å². The standard InChI is InChI=1S/C12H12F3N3/c1-16-12(8-5-17-18(2)6-8)7-3-9(13)11(15)10(14)4-7/h3-6,12,16H,1-2H3. The number of hydrogen-bond donors (Lipinski definition) is 1. The summed E-state index contributed by atoms with van der Waals surface area (Å²) in [5.74, 6) is -3.86. The Balaban J connectivity index is 2.45. The second-order valence-corrected chi connectivity index (χ2v) is 3.97. The third-order valence-electron chi connectivity index (χ3n) is 2.69. The van der Waals surface area contributed by atoms with Gasteiger partial charge < -0.3 is 5.32 Å². The van der Waals surface area contributed by atoms with Crippen LogP contribution in [0.4, 0.5) is 13.2 Å². The molecule has 1 atom stereocenters. The van der Waals surface area contributed by atoms with E-state index in [2.05, 4.69) is 10.4 Å². The molecule has 1 aromatic carbocycles. The third-order valence-corrected chi connectivity index (χ3v) is 2.69. The molecule has 1 N–H and O–H groups in total. The quantitative estimate of drug-likeness (QED) is 0.852. The van der Waals surface area contributed by atoms with E-state index in [1.54, 1.807) is 31.2 Å². The maximum absolute atomic E-state index is 13.2. The first-order valence-corrected chi connectivity index (χ1v) is 5.33. The van der Waals surface area contributed by atoms with Crippen LogP contribution in [-0.2, 0) is 7.05 Å². The van der Waals surface area contributed by atoms with Crippen LogP contribution in [0.5, 0.6) is 0 Å². The summed E-state index contributed by atoms with van der Waals surface area (Å²) in [5.41, 5.74) is 1.05. The maximum atomic E-state index is 13.2. The molecule has 0 saturated carbocycles. The summed E-state index contributed by atoms with van der Waals surface area (Å²) in [6, 6.07) is 1.52. The highest BCUT2D eigenvalue weighted by atomic mass is 19.2. The Labute approximate surface area is 102 Å². The molecule has 96 valence electrons. The van der Waals surface area contributed by atoms with Gasteiger partial charge in [0, 0.05) is 18.8 Å². The van der Waals surface area contributed by atoms with Gasteiger partial charge in [0.15, 0.2) is 17.5 Å². The maximum Gasteiger partial charge on any atom is 0.194 e. The largest absolute Gasteiger partial charge is 0.309 e. The Morgan fingerprint density at radius 3 is 2.22 bits per heavy atom. The van der Waals surface area contributed by atoms with Gasteiger partial charge in [-0.05, 0) is 24.7 Å². The summed E-state index contributed by atoms with van der Waals surface area (Å²) in [7, 11) is 3.39. The van der Waals surface area contributed by atoms with E-state index >= 15 is 0 Å². The lowest BCUT2D eigenvalue weighted by atomic mass is 10.0. The van der Waals surface area contributed by atoms with E-state index in [4.69, 9.17) is 0 Å². The Morgan fingerprint density at radius 2 is 1.78 bits per heavy atom. The van der Waals surface area contributed by atoms with Crippen molar-refractivity contribution >= 4 is 0 Å². The topological polar surface area (TPSA) is 29.9 Å². The van der Waals surface area contributed by atoms with Gasteiger partial charge >= 0.3 is 0 Å². The van der Waals surface area contributed by atoms with E-state index in [0.717, 1.165) is 17.7 Å². The summed E-state index contributed by atoms with van der Waals surface area (Å²) in [5, 5.41) is 6.90. The lowest BCUT2D eigenvalue weighted by Gasteiger charge is -2.15. The SMILES string of the molecule is CNC(c1cc(F)c(F)c(F)c1)c1cnn(C)c1. The zero-order valence-corrected chi connectivity index (χ0v) is 9.92. The van der Waals surface area contributed by atoms with Gasteiger partial charge in [-0.3, -0.25) is 4.68 Å². The monoisotopic (exact) mass is 255 g/mol. The molecule has 2 aromatic rings. The van der Waals surface area contributed by atoms with Crippen LogP contribution in [0.25, 0.3) is 0 Å². The Hall–Kier alpha value is -1.82. The van der Waals surface area contributed by atoms with Crippen LogP contribution in [0.2, 0.25) is 0 Å². The van der Waals surface area contributed by atoms with Crippen molar-refractivity contribution in [3.8, 4) is 0 Å². The van der Waals surface area contributed by atoms with Crippen molar-refractivity contribution < 1.29 is 13.2 Å². The molecule has 0 aliphatic rings. The van der Waals surface area contributed by atoms with E-state index in [1.807, 2.05) is 0 Å². The number of nitrogens with one attached hydrogen (secondary N) is 1. The fourth-order valence-corrected chi connectivity index (χ4v) is 1.86. The lowest BCUT2D eigenvalue weighted by molar-refractivity contribution is 0.443. The second-order valence-electron chi connectivity index (χ2n) is 3.97. The number of aromatic nitrogens is 2. The fraction of sp³-hybridized carbons (Fsp3) is 0.250. The van der Waals surface area contributed by atoms with Crippen molar-refractivity contribution in [2.24, 2.45) is 7.05 Å². The summed E-state index contributed by atoms with van der Waals surface area (Å²) in [6.45, 7) is 0. The first-order chi connectivity index (χ1) is 8.52. The van der Waals surface area contributed by atoms with Crippen molar-refractivity contribution in [1.29, 1.82) is 0 Å². The molecule has 1 heterocycles. The van der Waals surface area contributed by atoms with Crippen LogP contribution in [0.15, 0.2) is 24.5 Å². The molecular formula is C12H12F3N3. The van der Waals surface area contributed by atoms with Crippen molar-refractivity contribution in [1.82, 2.24) is 15.1 Å². The number of rotatable bonds is 3. The average Bonchev–Trinajstić information content (AvgIpc) is 2.73. The third kappa shape index (κ3) is 2.24. The van der Waals surface area contributed by atoms with Gasteiger partial charge in [-0.2, -0.15) is 5.10 Å². The molecule has 0 aliphatic carbocycles. The molecule has 0 saturated heterocycles. The first-order valence-electron chi connectivity index (χ1n) is 5.33.